The van der Waals surface area contributed by atoms with Crippen LogP contribution in [0.15, 0.2) is 36.0 Å². The maximum atomic E-state index is 9.09. The van der Waals surface area contributed by atoms with Crippen molar-refractivity contribution in [3.05, 3.63) is 36.0 Å². The first-order valence-corrected chi connectivity index (χ1v) is 6.92. The van der Waals surface area contributed by atoms with Crippen LogP contribution in [0.1, 0.15) is 32.6 Å². The Morgan fingerprint density at radius 2 is 2.22 bits per heavy atom. The molecule has 0 amide bonds. The van der Waals surface area contributed by atoms with E-state index in [9.17, 15) is 0 Å². The lowest BCUT2D eigenvalue weighted by Gasteiger charge is -2.32. The lowest BCUT2D eigenvalue weighted by Crippen LogP contribution is -2.31. The first-order chi connectivity index (χ1) is 8.70. The van der Waals surface area contributed by atoms with Crippen LogP contribution >= 0.6 is 0 Å². The summed E-state index contributed by atoms with van der Waals surface area (Å²) in [4.78, 5) is 0. The summed E-state index contributed by atoms with van der Waals surface area (Å²) < 4.78 is 0. The highest BCUT2D eigenvalue weighted by molar-refractivity contribution is 5.33. The maximum absolute atomic E-state index is 9.09. The molecule has 0 aromatic rings. The van der Waals surface area contributed by atoms with Gasteiger partial charge in [-0.3, -0.25) is 0 Å². The number of hydrogen-bond donors (Lipinski definition) is 1. The van der Waals surface area contributed by atoms with Crippen molar-refractivity contribution in [2.24, 2.45) is 23.5 Å². The molecule has 0 heterocycles. The van der Waals surface area contributed by atoms with Crippen molar-refractivity contribution in [2.45, 2.75) is 38.6 Å². The van der Waals surface area contributed by atoms with Crippen LogP contribution in [-0.2, 0) is 0 Å². The molecule has 0 radical (unpaired) electrons. The van der Waals surface area contributed by atoms with E-state index in [1.54, 1.807) is 0 Å². The quantitative estimate of drug-likeness (QED) is 0.822. The smallest absolute Gasteiger partial charge is 0.0833 e. The maximum Gasteiger partial charge on any atom is 0.0833 e. The van der Waals surface area contributed by atoms with Crippen LogP contribution in [0.25, 0.3) is 0 Å². The lowest BCUT2D eigenvalue weighted by atomic mass is 9.75. The zero-order valence-electron chi connectivity index (χ0n) is 11.0. The van der Waals surface area contributed by atoms with Crippen LogP contribution in [0.5, 0.6) is 0 Å². The molecule has 0 saturated heterocycles. The molecular formula is C16H22N2. The van der Waals surface area contributed by atoms with Crippen molar-refractivity contribution in [1.82, 2.24) is 0 Å². The van der Waals surface area contributed by atoms with Gasteiger partial charge in [0.05, 0.1) is 12.0 Å². The molecule has 3 unspecified atom stereocenters. The largest absolute Gasteiger partial charge is 0.327 e. The molecule has 2 rings (SSSR count). The third-order valence-electron chi connectivity index (χ3n) is 4.11. The fraction of sp³-hybridized carbons (Fsp3) is 0.562. The SMILES string of the molecule is CC(N)C(CC1CCC1)C1=CC(C#N)C=CC=C1. The van der Waals surface area contributed by atoms with Crippen molar-refractivity contribution >= 4 is 0 Å². The molecule has 0 aromatic heterocycles. The van der Waals surface area contributed by atoms with E-state index < -0.39 is 0 Å². The van der Waals surface area contributed by atoms with Crippen LogP contribution in [0, 0.1) is 29.1 Å². The fourth-order valence-electron chi connectivity index (χ4n) is 2.74. The monoisotopic (exact) mass is 242 g/mol. The predicted molar refractivity (Wildman–Crippen MR) is 74.6 cm³/mol. The molecule has 96 valence electrons. The number of nitrogens with zero attached hydrogens (tertiary/aromatic N) is 1. The average Bonchev–Trinajstić information content (AvgIpc) is 2.52. The molecule has 2 heteroatoms. The third-order valence-corrected chi connectivity index (χ3v) is 4.11. The summed E-state index contributed by atoms with van der Waals surface area (Å²) in [6, 6.07) is 2.46. The Hall–Kier alpha value is -1.33. The van der Waals surface area contributed by atoms with E-state index >= 15 is 0 Å². The summed E-state index contributed by atoms with van der Waals surface area (Å²) in [6.07, 6.45) is 15.4. The summed E-state index contributed by atoms with van der Waals surface area (Å²) in [6.45, 7) is 2.08. The summed E-state index contributed by atoms with van der Waals surface area (Å²) in [5.74, 6) is 1.12. The molecule has 1 saturated carbocycles. The highest BCUT2D eigenvalue weighted by atomic mass is 14.6. The van der Waals surface area contributed by atoms with Gasteiger partial charge in [-0.05, 0) is 30.8 Å². The second kappa shape index (κ2) is 6.02. The third kappa shape index (κ3) is 3.11. The van der Waals surface area contributed by atoms with Crippen LogP contribution in [-0.4, -0.2) is 6.04 Å². The number of nitrogens with two attached hydrogens (primary N) is 1. The molecule has 0 aromatic carbocycles. The van der Waals surface area contributed by atoms with E-state index in [1.165, 1.54) is 31.3 Å². The molecule has 0 aliphatic heterocycles. The number of nitriles is 1. The molecule has 2 nitrogen and oxygen atoms in total. The second-order valence-electron chi connectivity index (χ2n) is 5.56. The van der Waals surface area contributed by atoms with Gasteiger partial charge in [0.2, 0.25) is 0 Å². The molecule has 0 spiro atoms. The number of rotatable bonds is 4. The van der Waals surface area contributed by atoms with Crippen molar-refractivity contribution in [3.63, 3.8) is 0 Å². The number of allylic oxidation sites excluding steroid dienone is 5. The van der Waals surface area contributed by atoms with E-state index in [4.69, 9.17) is 11.0 Å². The summed E-state index contributed by atoms with van der Waals surface area (Å²) in [5.41, 5.74) is 7.40. The zero-order chi connectivity index (χ0) is 13.0. The van der Waals surface area contributed by atoms with Crippen molar-refractivity contribution < 1.29 is 0 Å². The lowest BCUT2D eigenvalue weighted by molar-refractivity contribution is 0.252. The molecule has 1 fully saturated rings. The van der Waals surface area contributed by atoms with Gasteiger partial charge in [0, 0.05) is 6.04 Å². The standard InChI is InChI=1S/C16H22N2/c1-12(18)16(10-13-6-4-7-13)15-8-3-2-5-14(9-15)11-17/h2-3,5,8-9,12-14,16H,4,6-7,10,18H2,1H3. The van der Waals surface area contributed by atoms with Crippen molar-refractivity contribution in [2.75, 3.05) is 0 Å². The molecular weight excluding hydrogens is 220 g/mol. The summed E-state index contributed by atoms with van der Waals surface area (Å²) in [5, 5.41) is 9.09. The van der Waals surface area contributed by atoms with E-state index in [2.05, 4.69) is 25.1 Å². The van der Waals surface area contributed by atoms with Gasteiger partial charge in [-0.25, -0.2) is 0 Å². The fourth-order valence-corrected chi connectivity index (χ4v) is 2.74. The van der Waals surface area contributed by atoms with Gasteiger partial charge in [0.25, 0.3) is 0 Å². The first-order valence-electron chi connectivity index (χ1n) is 6.92. The van der Waals surface area contributed by atoms with E-state index in [-0.39, 0.29) is 12.0 Å². The average molecular weight is 242 g/mol. The Bertz CT molecular complexity index is 405. The minimum absolute atomic E-state index is 0.113. The summed E-state index contributed by atoms with van der Waals surface area (Å²) in [7, 11) is 0. The second-order valence-corrected chi connectivity index (χ2v) is 5.56. The van der Waals surface area contributed by atoms with Gasteiger partial charge < -0.3 is 5.73 Å². The Labute approximate surface area is 110 Å². The highest BCUT2D eigenvalue weighted by Crippen LogP contribution is 2.36. The molecule has 2 aliphatic rings. The van der Waals surface area contributed by atoms with Crippen LogP contribution in [0.2, 0.25) is 0 Å². The van der Waals surface area contributed by atoms with E-state index in [0.29, 0.717) is 5.92 Å². The highest BCUT2D eigenvalue weighted by Gasteiger charge is 2.26. The van der Waals surface area contributed by atoms with Crippen LogP contribution < -0.4 is 5.73 Å². The minimum atomic E-state index is -0.113. The minimum Gasteiger partial charge on any atom is -0.327 e. The van der Waals surface area contributed by atoms with E-state index in [0.717, 1.165) is 5.92 Å². The van der Waals surface area contributed by atoms with Gasteiger partial charge in [-0.15, -0.1) is 0 Å². The molecule has 2 N–H and O–H groups in total. The van der Waals surface area contributed by atoms with Crippen molar-refractivity contribution in [3.8, 4) is 6.07 Å². The Morgan fingerprint density at radius 1 is 1.44 bits per heavy atom. The van der Waals surface area contributed by atoms with E-state index in [1.807, 2.05) is 18.2 Å². The Kier molecular flexibility index (Phi) is 4.38. The van der Waals surface area contributed by atoms with Crippen LogP contribution in [0.4, 0.5) is 0 Å². The topological polar surface area (TPSA) is 49.8 Å². The van der Waals surface area contributed by atoms with Gasteiger partial charge in [-0.2, -0.15) is 5.26 Å². The summed E-state index contributed by atoms with van der Waals surface area (Å²) >= 11 is 0. The Balaban J connectivity index is 2.13. The van der Waals surface area contributed by atoms with Gasteiger partial charge >= 0.3 is 0 Å². The molecule has 2 aliphatic carbocycles. The Morgan fingerprint density at radius 3 is 2.78 bits per heavy atom. The van der Waals surface area contributed by atoms with Gasteiger partial charge in [-0.1, -0.05) is 49.6 Å². The normalized spacial score (nSPS) is 26.7. The molecule has 3 atom stereocenters. The molecule has 0 bridgehead atoms. The van der Waals surface area contributed by atoms with Gasteiger partial charge in [0.15, 0.2) is 0 Å². The molecule has 18 heavy (non-hydrogen) atoms. The van der Waals surface area contributed by atoms with Crippen molar-refractivity contribution in [1.29, 1.82) is 5.26 Å². The predicted octanol–water partition coefficient (Wildman–Crippen LogP) is 3.33. The number of hydrogen-bond acceptors (Lipinski definition) is 2. The van der Waals surface area contributed by atoms with Gasteiger partial charge in [0.1, 0.15) is 0 Å². The van der Waals surface area contributed by atoms with Crippen LogP contribution in [0.3, 0.4) is 0 Å². The zero-order valence-corrected chi connectivity index (χ0v) is 11.0. The first kappa shape index (κ1) is 13.1.